The zero-order valence-electron chi connectivity index (χ0n) is 19.7. The van der Waals surface area contributed by atoms with E-state index in [9.17, 15) is 24.3 Å². The minimum absolute atomic E-state index is 0.0107. The molecule has 8 atom stereocenters. The van der Waals surface area contributed by atoms with Crippen molar-refractivity contribution >= 4 is 23.5 Å². The summed E-state index contributed by atoms with van der Waals surface area (Å²) >= 11 is 0. The number of halogens is 2. The van der Waals surface area contributed by atoms with Crippen molar-refractivity contribution in [2.24, 2.45) is 22.7 Å². The second kappa shape index (κ2) is 7.80. The van der Waals surface area contributed by atoms with Gasteiger partial charge in [-0.05, 0) is 56.3 Å². The number of alkyl halides is 2. The number of allylic oxidation sites excluding steroid dienone is 4. The molecule has 34 heavy (non-hydrogen) atoms. The third kappa shape index (κ3) is 3.08. The van der Waals surface area contributed by atoms with Gasteiger partial charge in [-0.3, -0.25) is 19.2 Å². The molecule has 0 amide bonds. The van der Waals surface area contributed by atoms with Crippen LogP contribution in [0.25, 0.3) is 0 Å². The zero-order valence-corrected chi connectivity index (χ0v) is 19.7. The van der Waals surface area contributed by atoms with Crippen molar-refractivity contribution < 1.29 is 42.5 Å². The molecule has 0 bridgehead atoms. The van der Waals surface area contributed by atoms with Gasteiger partial charge in [0.05, 0.1) is 6.10 Å². The van der Waals surface area contributed by atoms with Crippen LogP contribution in [0.4, 0.5) is 8.78 Å². The summed E-state index contributed by atoms with van der Waals surface area (Å²) in [6.45, 7) is 4.81. The fourth-order valence-electron chi connectivity index (χ4n) is 7.40. The van der Waals surface area contributed by atoms with Crippen LogP contribution in [0, 0.1) is 22.7 Å². The molecular formula is C25H30F2O7. The van der Waals surface area contributed by atoms with Crippen molar-refractivity contribution in [2.75, 3.05) is 6.61 Å². The number of aliphatic hydroxyl groups is 1. The molecule has 0 heterocycles. The van der Waals surface area contributed by atoms with Gasteiger partial charge in [0.25, 0.3) is 0 Å². The first kappa shape index (κ1) is 24.7. The maximum absolute atomic E-state index is 17.1. The Kier molecular flexibility index (Phi) is 5.66. The molecule has 3 saturated carbocycles. The van der Waals surface area contributed by atoms with Crippen molar-refractivity contribution in [1.82, 2.24) is 0 Å². The van der Waals surface area contributed by atoms with Crippen LogP contribution in [-0.2, 0) is 28.7 Å². The van der Waals surface area contributed by atoms with Crippen molar-refractivity contribution in [2.45, 2.75) is 76.9 Å². The van der Waals surface area contributed by atoms with E-state index in [4.69, 9.17) is 9.47 Å². The molecule has 186 valence electrons. The number of hydrogen-bond acceptors (Lipinski definition) is 7. The van der Waals surface area contributed by atoms with Crippen LogP contribution < -0.4 is 0 Å². The van der Waals surface area contributed by atoms with E-state index in [1.54, 1.807) is 6.92 Å². The highest BCUT2D eigenvalue weighted by atomic mass is 19.1. The van der Waals surface area contributed by atoms with Crippen molar-refractivity contribution in [3.8, 4) is 0 Å². The molecule has 3 fully saturated rings. The monoisotopic (exact) mass is 480 g/mol. The van der Waals surface area contributed by atoms with Gasteiger partial charge in [-0.15, -0.1) is 0 Å². The summed E-state index contributed by atoms with van der Waals surface area (Å²) in [4.78, 5) is 48.7. The van der Waals surface area contributed by atoms with Crippen LogP contribution in [0.15, 0.2) is 23.8 Å². The van der Waals surface area contributed by atoms with E-state index in [0.717, 1.165) is 19.9 Å². The average Bonchev–Trinajstić information content (AvgIpc) is 3.02. The molecule has 0 spiro atoms. The number of aliphatic hydroxyl groups excluding tert-OH is 1. The lowest BCUT2D eigenvalue weighted by atomic mass is 9.44. The molecule has 4 aliphatic carbocycles. The number of ketones is 2. The number of carbonyl (C=O) groups is 4. The van der Waals surface area contributed by atoms with Crippen LogP contribution in [0.1, 0.15) is 53.4 Å². The molecule has 0 radical (unpaired) electrons. The molecule has 0 aromatic carbocycles. The van der Waals surface area contributed by atoms with Gasteiger partial charge < -0.3 is 14.6 Å². The van der Waals surface area contributed by atoms with E-state index in [1.807, 2.05) is 0 Å². The van der Waals surface area contributed by atoms with Gasteiger partial charge in [-0.1, -0.05) is 13.0 Å². The number of esters is 2. The van der Waals surface area contributed by atoms with Gasteiger partial charge in [0.15, 0.2) is 23.7 Å². The van der Waals surface area contributed by atoms with Crippen LogP contribution in [-0.4, -0.2) is 58.8 Å². The fraction of sp³-hybridized carbons (Fsp3) is 0.680. The molecule has 0 aromatic heterocycles. The maximum atomic E-state index is 17.1. The number of fused-ring (bicyclic) bond motifs is 5. The number of Topliss-reactive ketones (excluding diaryl/α,β-unsaturated/α-hetero) is 1. The van der Waals surface area contributed by atoms with Gasteiger partial charge in [-0.2, -0.15) is 0 Å². The second-order valence-electron chi connectivity index (χ2n) is 10.5. The first-order valence-corrected chi connectivity index (χ1v) is 11.6. The Hall–Kier alpha value is -2.42. The van der Waals surface area contributed by atoms with Crippen LogP contribution in [0.2, 0.25) is 0 Å². The van der Waals surface area contributed by atoms with Gasteiger partial charge in [-0.25, -0.2) is 8.78 Å². The zero-order chi connectivity index (χ0) is 25.3. The van der Waals surface area contributed by atoms with Crippen molar-refractivity contribution in [3.05, 3.63) is 23.8 Å². The summed E-state index contributed by atoms with van der Waals surface area (Å²) in [6, 6.07) is 0. The molecule has 0 aromatic rings. The van der Waals surface area contributed by atoms with Gasteiger partial charge in [0.2, 0.25) is 5.78 Å². The summed E-state index contributed by atoms with van der Waals surface area (Å²) in [5.74, 6) is -4.11. The van der Waals surface area contributed by atoms with E-state index in [-0.39, 0.29) is 31.3 Å². The van der Waals surface area contributed by atoms with E-state index >= 15 is 8.78 Å². The molecule has 9 heteroatoms. The topological polar surface area (TPSA) is 107 Å². The minimum atomic E-state index is -2.30. The lowest BCUT2D eigenvalue weighted by molar-refractivity contribution is -0.228. The predicted molar refractivity (Wildman–Crippen MR) is 115 cm³/mol. The molecule has 0 unspecified atom stereocenters. The Morgan fingerprint density at radius 2 is 1.85 bits per heavy atom. The molecule has 1 N–H and O–H groups in total. The Balaban J connectivity index is 1.81. The summed E-state index contributed by atoms with van der Waals surface area (Å²) in [5.41, 5.74) is -6.80. The number of carbonyl (C=O) groups excluding carboxylic acids is 4. The lowest BCUT2D eigenvalue weighted by Crippen LogP contribution is -2.70. The quantitative estimate of drug-likeness (QED) is 0.617. The summed E-state index contributed by atoms with van der Waals surface area (Å²) in [6.07, 6.45) is 0.200. The first-order valence-electron chi connectivity index (χ1n) is 11.6. The summed E-state index contributed by atoms with van der Waals surface area (Å²) in [7, 11) is 0. The number of ether oxygens (including phenoxy) is 2. The molecule has 4 aliphatic rings. The third-order valence-electron chi connectivity index (χ3n) is 8.92. The fourth-order valence-corrected chi connectivity index (χ4v) is 7.40. The summed E-state index contributed by atoms with van der Waals surface area (Å²) in [5, 5.41) is 11.3. The molecule has 7 nitrogen and oxygen atoms in total. The van der Waals surface area contributed by atoms with Gasteiger partial charge in [0, 0.05) is 30.6 Å². The Bertz CT molecular complexity index is 1020. The molecule has 0 aliphatic heterocycles. The van der Waals surface area contributed by atoms with Crippen LogP contribution in [0.3, 0.4) is 0 Å². The van der Waals surface area contributed by atoms with E-state index < -0.39 is 76.3 Å². The Labute approximate surface area is 196 Å². The maximum Gasteiger partial charge on any atom is 0.303 e. The van der Waals surface area contributed by atoms with Crippen LogP contribution in [0.5, 0.6) is 0 Å². The minimum Gasteiger partial charge on any atom is -0.458 e. The highest BCUT2D eigenvalue weighted by molar-refractivity contribution is 6.01. The highest BCUT2D eigenvalue weighted by Crippen LogP contribution is 2.70. The molecular weight excluding hydrogens is 450 g/mol. The average molecular weight is 481 g/mol. The smallest absolute Gasteiger partial charge is 0.303 e. The normalized spacial score (nSPS) is 44.9. The van der Waals surface area contributed by atoms with E-state index in [2.05, 4.69) is 0 Å². The third-order valence-corrected chi connectivity index (χ3v) is 8.92. The SMILES string of the molecule is CC(=O)OCC(=O)[C@@]1(OC(C)=O)CC[C@H]2[C@@H]3C[C@@H](F)C4=CC(=O)C=C[C@]4(C)[C@@]3(F)[C@@H](O)C[C@@]21C. The van der Waals surface area contributed by atoms with E-state index in [1.165, 1.54) is 19.1 Å². The number of rotatable bonds is 4. The Morgan fingerprint density at radius 3 is 2.47 bits per heavy atom. The molecule has 4 rings (SSSR count). The van der Waals surface area contributed by atoms with Crippen molar-refractivity contribution in [1.29, 1.82) is 0 Å². The van der Waals surface area contributed by atoms with Crippen LogP contribution >= 0.6 is 0 Å². The summed E-state index contributed by atoms with van der Waals surface area (Å²) < 4.78 is 43.1. The van der Waals surface area contributed by atoms with Gasteiger partial charge in [0.1, 0.15) is 6.17 Å². The van der Waals surface area contributed by atoms with Crippen molar-refractivity contribution in [3.63, 3.8) is 0 Å². The highest BCUT2D eigenvalue weighted by Gasteiger charge is 2.76. The Morgan fingerprint density at radius 1 is 1.18 bits per heavy atom. The number of hydrogen-bond donors (Lipinski definition) is 1. The second-order valence-corrected chi connectivity index (χ2v) is 10.5. The molecule has 0 saturated heterocycles. The standard InChI is InChI=1S/C25H30F2O7/c1-13(28)33-12-21(32)24(34-14(2)29)8-6-16-17-10-19(26)18-9-15(30)5-7-22(18,3)25(17,27)20(31)11-23(16,24)4/h5,7,9,16-17,19-20,31H,6,8,10-12H2,1-4H3/t16-,17-,19+,20-,22-,23-,24-,25-/m0/s1. The first-order chi connectivity index (χ1) is 15.7. The van der Waals surface area contributed by atoms with Gasteiger partial charge >= 0.3 is 11.9 Å². The lowest BCUT2D eigenvalue weighted by Gasteiger charge is -2.63. The van der Waals surface area contributed by atoms with E-state index in [0.29, 0.717) is 0 Å². The predicted octanol–water partition coefficient (Wildman–Crippen LogP) is 2.74. The largest absolute Gasteiger partial charge is 0.458 e.